The van der Waals surface area contributed by atoms with Crippen molar-refractivity contribution in [2.45, 2.75) is 13.5 Å². The van der Waals surface area contributed by atoms with Crippen molar-refractivity contribution in [3.8, 4) is 11.8 Å². The molecule has 7 nitrogen and oxygen atoms in total. The molecule has 0 saturated heterocycles. The Kier molecular flexibility index (Phi) is 6.76. The van der Waals surface area contributed by atoms with Gasteiger partial charge in [-0.2, -0.15) is 5.26 Å². The third kappa shape index (κ3) is 5.55. The van der Waals surface area contributed by atoms with Gasteiger partial charge in [0.25, 0.3) is 11.6 Å². The fraction of sp³-hybridized carbons (Fsp3) is 0.0833. The summed E-state index contributed by atoms with van der Waals surface area (Å²) < 4.78 is 5.87. The van der Waals surface area contributed by atoms with Gasteiger partial charge in [0.05, 0.1) is 4.92 Å². The monoisotopic (exact) mass is 413 g/mol. The molecule has 154 valence electrons. The Bertz CT molecular complexity index is 1180. The number of nitro benzene ring substituents is 1. The van der Waals surface area contributed by atoms with Crippen LogP contribution < -0.4 is 10.1 Å². The van der Waals surface area contributed by atoms with Crippen molar-refractivity contribution in [1.29, 1.82) is 5.26 Å². The van der Waals surface area contributed by atoms with Crippen LogP contribution in [0.25, 0.3) is 6.08 Å². The number of ether oxygens (including phenoxy) is 1. The Hall–Kier alpha value is -4.44. The maximum atomic E-state index is 12.6. The second-order valence-electron chi connectivity index (χ2n) is 6.69. The molecule has 0 aliphatic heterocycles. The van der Waals surface area contributed by atoms with Gasteiger partial charge in [-0.3, -0.25) is 14.9 Å². The molecule has 1 amide bonds. The molecule has 0 fully saturated rings. The molecule has 3 aromatic rings. The van der Waals surface area contributed by atoms with Crippen LogP contribution in [0.2, 0.25) is 0 Å². The Morgan fingerprint density at radius 1 is 1.13 bits per heavy atom. The number of nitrogens with zero attached hydrogens (tertiary/aromatic N) is 2. The first-order chi connectivity index (χ1) is 15.0. The summed E-state index contributed by atoms with van der Waals surface area (Å²) in [6.45, 7) is 1.99. The summed E-state index contributed by atoms with van der Waals surface area (Å²) in [6.07, 6.45) is 1.45. The molecule has 0 spiro atoms. The van der Waals surface area contributed by atoms with Gasteiger partial charge in [-0.15, -0.1) is 0 Å². The molecule has 0 bridgehead atoms. The highest BCUT2D eigenvalue weighted by Gasteiger charge is 2.14. The Labute approximate surface area is 179 Å². The van der Waals surface area contributed by atoms with Crippen molar-refractivity contribution in [2.75, 3.05) is 5.32 Å². The van der Waals surface area contributed by atoms with Crippen LogP contribution in [0.1, 0.15) is 16.7 Å². The van der Waals surface area contributed by atoms with E-state index in [0.29, 0.717) is 29.2 Å². The fourth-order valence-electron chi connectivity index (χ4n) is 2.86. The number of anilines is 1. The van der Waals surface area contributed by atoms with Crippen molar-refractivity contribution in [1.82, 2.24) is 0 Å². The summed E-state index contributed by atoms with van der Waals surface area (Å²) in [5.41, 5.74) is 2.31. The van der Waals surface area contributed by atoms with Crippen LogP contribution in [0, 0.1) is 28.4 Å². The molecular formula is C24H19N3O4. The fourth-order valence-corrected chi connectivity index (χ4v) is 2.86. The molecule has 0 atom stereocenters. The number of non-ortho nitro benzene ring substituents is 1. The van der Waals surface area contributed by atoms with Gasteiger partial charge in [0.1, 0.15) is 24.0 Å². The zero-order chi connectivity index (χ0) is 22.2. The molecule has 0 unspecified atom stereocenters. The zero-order valence-corrected chi connectivity index (χ0v) is 16.7. The number of amides is 1. The maximum Gasteiger partial charge on any atom is 0.269 e. The Morgan fingerprint density at radius 2 is 1.84 bits per heavy atom. The Balaban J connectivity index is 1.79. The maximum absolute atomic E-state index is 12.6. The number of hydrogen-bond donors (Lipinski definition) is 1. The quantitative estimate of drug-likeness (QED) is 0.253. The van der Waals surface area contributed by atoms with Crippen molar-refractivity contribution in [3.05, 3.63) is 105 Å². The lowest BCUT2D eigenvalue weighted by molar-refractivity contribution is -0.384. The van der Waals surface area contributed by atoms with Crippen molar-refractivity contribution < 1.29 is 14.5 Å². The molecule has 7 heteroatoms. The van der Waals surface area contributed by atoms with Crippen LogP contribution >= 0.6 is 0 Å². The number of nitriles is 1. The minimum atomic E-state index is -0.614. The minimum Gasteiger partial charge on any atom is -0.488 e. The van der Waals surface area contributed by atoms with Crippen molar-refractivity contribution in [2.24, 2.45) is 0 Å². The van der Waals surface area contributed by atoms with Gasteiger partial charge in [-0.25, -0.2) is 0 Å². The largest absolute Gasteiger partial charge is 0.488 e. The number of benzene rings is 3. The predicted molar refractivity (Wildman–Crippen MR) is 117 cm³/mol. The zero-order valence-electron chi connectivity index (χ0n) is 16.7. The van der Waals surface area contributed by atoms with Crippen LogP contribution in [-0.2, 0) is 11.4 Å². The van der Waals surface area contributed by atoms with E-state index in [0.717, 1.165) is 5.56 Å². The minimum absolute atomic E-state index is 0.0731. The number of carbonyl (C=O) groups is 1. The molecule has 3 rings (SSSR count). The number of carbonyl (C=O) groups excluding carboxylic acids is 1. The third-order valence-electron chi connectivity index (χ3n) is 4.49. The highest BCUT2D eigenvalue weighted by atomic mass is 16.6. The van der Waals surface area contributed by atoms with E-state index >= 15 is 0 Å². The van der Waals surface area contributed by atoms with Crippen molar-refractivity contribution in [3.63, 3.8) is 0 Å². The van der Waals surface area contributed by atoms with Crippen LogP contribution in [-0.4, -0.2) is 10.8 Å². The Morgan fingerprint density at radius 3 is 2.52 bits per heavy atom. The lowest BCUT2D eigenvalue weighted by Gasteiger charge is -2.10. The van der Waals surface area contributed by atoms with Crippen LogP contribution in [0.5, 0.6) is 5.75 Å². The normalized spacial score (nSPS) is 10.8. The molecule has 0 aliphatic carbocycles. The van der Waals surface area contributed by atoms with E-state index in [1.807, 2.05) is 42.5 Å². The summed E-state index contributed by atoms with van der Waals surface area (Å²) in [5.74, 6) is -0.0734. The van der Waals surface area contributed by atoms with Gasteiger partial charge in [0.15, 0.2) is 0 Å². The highest BCUT2D eigenvalue weighted by Crippen LogP contribution is 2.24. The molecule has 0 aromatic heterocycles. The molecule has 0 radical (unpaired) electrons. The predicted octanol–water partition coefficient (Wildman–Crippen LogP) is 5.03. The van der Waals surface area contributed by atoms with Crippen molar-refractivity contribution >= 4 is 23.4 Å². The molecule has 0 saturated carbocycles. The number of hydrogen-bond acceptors (Lipinski definition) is 5. The average molecular weight is 413 g/mol. The SMILES string of the molecule is Cc1cc([N+](=O)[O-])ccc1NC(=O)C(C#N)=Cc1ccccc1OCc1ccccc1. The van der Waals surface area contributed by atoms with Gasteiger partial charge in [0, 0.05) is 23.4 Å². The van der Waals surface area contributed by atoms with E-state index in [4.69, 9.17) is 4.74 Å². The molecule has 0 aliphatic rings. The van der Waals surface area contributed by atoms with Gasteiger partial charge in [-0.05, 0) is 36.3 Å². The summed E-state index contributed by atoms with van der Waals surface area (Å²) in [6, 6.07) is 22.8. The smallest absolute Gasteiger partial charge is 0.269 e. The summed E-state index contributed by atoms with van der Waals surface area (Å²) in [4.78, 5) is 23.0. The number of rotatable bonds is 7. The molecule has 0 heterocycles. The van der Waals surface area contributed by atoms with E-state index < -0.39 is 10.8 Å². The first-order valence-electron chi connectivity index (χ1n) is 9.42. The third-order valence-corrected chi connectivity index (χ3v) is 4.49. The van der Waals surface area contributed by atoms with Gasteiger partial charge in [0.2, 0.25) is 0 Å². The number of para-hydroxylation sites is 1. The summed E-state index contributed by atoms with van der Waals surface area (Å²) >= 11 is 0. The topological polar surface area (TPSA) is 105 Å². The van der Waals surface area contributed by atoms with E-state index in [1.165, 1.54) is 24.3 Å². The standard InChI is InChI=1S/C24H19N3O4/c1-17-13-21(27(29)30)11-12-22(17)26-24(28)20(15-25)14-19-9-5-6-10-23(19)31-16-18-7-3-2-4-8-18/h2-14H,16H2,1H3,(H,26,28). The first-order valence-corrected chi connectivity index (χ1v) is 9.42. The van der Waals surface area contributed by atoms with E-state index in [9.17, 15) is 20.2 Å². The average Bonchev–Trinajstić information content (AvgIpc) is 2.78. The number of aryl methyl sites for hydroxylation is 1. The van der Waals surface area contributed by atoms with Crippen LogP contribution in [0.4, 0.5) is 11.4 Å². The second-order valence-corrected chi connectivity index (χ2v) is 6.69. The molecule has 31 heavy (non-hydrogen) atoms. The lowest BCUT2D eigenvalue weighted by atomic mass is 10.1. The van der Waals surface area contributed by atoms with E-state index in [2.05, 4.69) is 5.32 Å². The van der Waals surface area contributed by atoms with Gasteiger partial charge >= 0.3 is 0 Å². The second kappa shape index (κ2) is 9.85. The number of nitro groups is 1. The van der Waals surface area contributed by atoms with Gasteiger partial charge in [-0.1, -0.05) is 48.5 Å². The summed E-state index contributed by atoms with van der Waals surface area (Å²) in [7, 11) is 0. The first kappa shape index (κ1) is 21.3. The van der Waals surface area contributed by atoms with Crippen LogP contribution in [0.15, 0.2) is 78.4 Å². The van der Waals surface area contributed by atoms with E-state index in [-0.39, 0.29) is 11.3 Å². The molecule has 3 aromatic carbocycles. The van der Waals surface area contributed by atoms with Gasteiger partial charge < -0.3 is 10.1 Å². The molecular weight excluding hydrogens is 394 g/mol. The van der Waals surface area contributed by atoms with Crippen LogP contribution in [0.3, 0.4) is 0 Å². The highest BCUT2D eigenvalue weighted by molar-refractivity contribution is 6.10. The van der Waals surface area contributed by atoms with E-state index in [1.54, 1.807) is 25.1 Å². The number of nitrogens with one attached hydrogen (secondary N) is 1. The lowest BCUT2D eigenvalue weighted by Crippen LogP contribution is -2.14. The molecule has 1 N–H and O–H groups in total. The summed E-state index contributed by atoms with van der Waals surface area (Å²) in [5, 5.41) is 23.0.